The monoisotopic (exact) mass is 371 g/mol. The molecule has 1 heterocycles. The second kappa shape index (κ2) is 8.34. The summed E-state index contributed by atoms with van der Waals surface area (Å²) in [6, 6.07) is 14.6. The Labute approximate surface area is 158 Å². The first-order chi connectivity index (χ1) is 12.5. The number of nitrogens with zero attached hydrogens (tertiary/aromatic N) is 1. The van der Waals surface area contributed by atoms with Crippen molar-refractivity contribution >= 4 is 29.1 Å². The number of carbonyl (C=O) groups excluding carboxylic acids is 2. The summed E-state index contributed by atoms with van der Waals surface area (Å²) in [4.78, 5) is 26.1. The molecule has 3 rings (SSSR count). The van der Waals surface area contributed by atoms with Crippen LogP contribution in [0.25, 0.3) is 0 Å². The van der Waals surface area contributed by atoms with Crippen molar-refractivity contribution in [1.82, 2.24) is 4.90 Å². The van der Waals surface area contributed by atoms with Gasteiger partial charge in [-0.05, 0) is 61.8 Å². The van der Waals surface area contributed by atoms with Gasteiger partial charge >= 0.3 is 0 Å². The third kappa shape index (κ3) is 4.84. The average Bonchev–Trinajstić information content (AvgIpc) is 2.64. The lowest BCUT2D eigenvalue weighted by Crippen LogP contribution is -2.37. The highest BCUT2D eigenvalue weighted by Gasteiger charge is 2.25. The molecule has 26 heavy (non-hydrogen) atoms. The fourth-order valence-electron chi connectivity index (χ4n) is 3.20. The molecule has 6 heteroatoms. The van der Waals surface area contributed by atoms with Crippen LogP contribution in [0.2, 0.25) is 5.02 Å². The van der Waals surface area contributed by atoms with Crippen LogP contribution in [-0.2, 0) is 11.3 Å². The molecule has 0 bridgehead atoms. The molecule has 1 saturated heterocycles. The molecule has 0 radical (unpaired) electrons. The molecule has 1 aliphatic heterocycles. The van der Waals surface area contributed by atoms with Crippen LogP contribution in [0.1, 0.15) is 28.8 Å². The first kappa shape index (κ1) is 18.4. The van der Waals surface area contributed by atoms with Crippen molar-refractivity contribution in [3.8, 4) is 0 Å². The molecule has 0 aliphatic carbocycles. The van der Waals surface area contributed by atoms with E-state index in [0.717, 1.165) is 37.5 Å². The molecule has 2 aromatic carbocycles. The highest BCUT2D eigenvalue weighted by molar-refractivity contribution is 6.30. The van der Waals surface area contributed by atoms with Crippen LogP contribution in [0.3, 0.4) is 0 Å². The predicted molar refractivity (Wildman–Crippen MR) is 103 cm³/mol. The molecule has 0 unspecified atom stereocenters. The van der Waals surface area contributed by atoms with Gasteiger partial charge in [0.15, 0.2) is 0 Å². The Morgan fingerprint density at radius 1 is 1.12 bits per heavy atom. The van der Waals surface area contributed by atoms with E-state index >= 15 is 0 Å². The number of halogens is 1. The van der Waals surface area contributed by atoms with Gasteiger partial charge in [-0.25, -0.2) is 0 Å². The number of likely N-dealkylation sites (tertiary alicyclic amines) is 1. The summed E-state index contributed by atoms with van der Waals surface area (Å²) >= 11 is 5.92. The second-order valence-electron chi connectivity index (χ2n) is 6.61. The zero-order valence-electron chi connectivity index (χ0n) is 14.5. The number of piperidine rings is 1. The summed E-state index contributed by atoms with van der Waals surface area (Å²) < 4.78 is 0. The summed E-state index contributed by atoms with van der Waals surface area (Å²) in [6.07, 6.45) is 1.63. The van der Waals surface area contributed by atoms with Gasteiger partial charge in [-0.15, -0.1) is 0 Å². The predicted octanol–water partition coefficient (Wildman–Crippen LogP) is 3.29. The Morgan fingerprint density at radius 2 is 1.81 bits per heavy atom. The molecule has 0 aromatic heterocycles. The first-order valence-corrected chi connectivity index (χ1v) is 9.06. The zero-order valence-corrected chi connectivity index (χ0v) is 15.2. The van der Waals surface area contributed by atoms with Crippen LogP contribution < -0.4 is 11.1 Å². The third-order valence-corrected chi connectivity index (χ3v) is 4.94. The average molecular weight is 372 g/mol. The van der Waals surface area contributed by atoms with Crippen LogP contribution in [0.4, 0.5) is 5.69 Å². The lowest BCUT2D eigenvalue weighted by Gasteiger charge is -2.31. The quantitative estimate of drug-likeness (QED) is 0.846. The summed E-state index contributed by atoms with van der Waals surface area (Å²) in [5.41, 5.74) is 7.50. The number of amides is 2. The molecule has 0 spiro atoms. The Morgan fingerprint density at radius 3 is 2.46 bits per heavy atom. The molecule has 0 saturated carbocycles. The summed E-state index contributed by atoms with van der Waals surface area (Å²) in [5.74, 6) is -0.525. The molecule has 5 nitrogen and oxygen atoms in total. The third-order valence-electron chi connectivity index (χ3n) is 4.69. The highest BCUT2D eigenvalue weighted by Crippen LogP contribution is 2.22. The fourth-order valence-corrected chi connectivity index (χ4v) is 3.32. The molecule has 1 fully saturated rings. The van der Waals surface area contributed by atoms with Gasteiger partial charge in [-0.2, -0.15) is 0 Å². The van der Waals surface area contributed by atoms with Crippen LogP contribution >= 0.6 is 11.6 Å². The number of nitrogens with one attached hydrogen (secondary N) is 1. The van der Waals surface area contributed by atoms with E-state index in [1.165, 1.54) is 5.56 Å². The van der Waals surface area contributed by atoms with E-state index in [9.17, 15) is 9.59 Å². The summed E-state index contributed by atoms with van der Waals surface area (Å²) in [6.45, 7) is 2.62. The minimum Gasteiger partial charge on any atom is -0.366 e. The molecular weight excluding hydrogens is 350 g/mol. The number of hydrogen-bond donors (Lipinski definition) is 2. The van der Waals surface area contributed by atoms with E-state index in [4.69, 9.17) is 17.3 Å². The van der Waals surface area contributed by atoms with Crippen molar-refractivity contribution in [2.45, 2.75) is 19.4 Å². The SMILES string of the molecule is NC(=O)c1cccc(NC(=O)C2CCN(Cc3ccc(Cl)cc3)CC2)c1. The number of nitrogens with two attached hydrogens (primary N) is 1. The van der Waals surface area contributed by atoms with Gasteiger partial charge in [0, 0.05) is 28.7 Å². The van der Waals surface area contributed by atoms with Crippen molar-refractivity contribution in [3.63, 3.8) is 0 Å². The van der Waals surface area contributed by atoms with Crippen molar-refractivity contribution in [3.05, 3.63) is 64.7 Å². The standard InChI is InChI=1S/C20H22ClN3O2/c21-17-6-4-14(5-7-17)13-24-10-8-15(9-11-24)20(26)23-18-3-1-2-16(12-18)19(22)25/h1-7,12,15H,8-11,13H2,(H2,22,25)(H,23,26). The van der Waals surface area contributed by atoms with Gasteiger partial charge < -0.3 is 11.1 Å². The molecule has 2 amide bonds. The summed E-state index contributed by atoms with van der Waals surface area (Å²) in [5, 5.41) is 3.64. The largest absolute Gasteiger partial charge is 0.366 e. The molecular formula is C20H22ClN3O2. The highest BCUT2D eigenvalue weighted by atomic mass is 35.5. The maximum Gasteiger partial charge on any atom is 0.248 e. The Bertz CT molecular complexity index is 784. The summed E-state index contributed by atoms with van der Waals surface area (Å²) in [7, 11) is 0. The van der Waals surface area contributed by atoms with Gasteiger partial charge in [-0.1, -0.05) is 29.8 Å². The van der Waals surface area contributed by atoms with E-state index in [1.807, 2.05) is 24.3 Å². The number of primary amides is 1. The smallest absolute Gasteiger partial charge is 0.248 e. The Hall–Kier alpha value is -2.37. The van der Waals surface area contributed by atoms with E-state index in [0.29, 0.717) is 11.3 Å². The van der Waals surface area contributed by atoms with Crippen LogP contribution in [0, 0.1) is 5.92 Å². The van der Waals surface area contributed by atoms with Gasteiger partial charge in [-0.3, -0.25) is 14.5 Å². The minimum atomic E-state index is -0.503. The van der Waals surface area contributed by atoms with Crippen molar-refractivity contribution in [2.24, 2.45) is 11.7 Å². The van der Waals surface area contributed by atoms with E-state index in [1.54, 1.807) is 24.3 Å². The van der Waals surface area contributed by atoms with E-state index in [2.05, 4.69) is 10.2 Å². The van der Waals surface area contributed by atoms with Crippen molar-refractivity contribution in [2.75, 3.05) is 18.4 Å². The van der Waals surface area contributed by atoms with E-state index < -0.39 is 5.91 Å². The zero-order chi connectivity index (χ0) is 18.5. The van der Waals surface area contributed by atoms with Crippen molar-refractivity contribution < 1.29 is 9.59 Å². The molecule has 136 valence electrons. The lowest BCUT2D eigenvalue weighted by atomic mass is 9.95. The van der Waals surface area contributed by atoms with Gasteiger partial charge in [0.1, 0.15) is 0 Å². The second-order valence-corrected chi connectivity index (χ2v) is 7.05. The minimum absolute atomic E-state index is 0.00207. The molecule has 1 aliphatic rings. The molecule has 3 N–H and O–H groups in total. The van der Waals surface area contributed by atoms with Gasteiger partial charge in [0.25, 0.3) is 0 Å². The number of benzene rings is 2. The fraction of sp³-hybridized carbons (Fsp3) is 0.300. The maximum absolute atomic E-state index is 12.5. The van der Waals surface area contributed by atoms with Crippen molar-refractivity contribution in [1.29, 1.82) is 0 Å². The lowest BCUT2D eigenvalue weighted by molar-refractivity contribution is -0.121. The first-order valence-electron chi connectivity index (χ1n) is 8.69. The molecule has 2 aromatic rings. The van der Waals surface area contributed by atoms with Crippen LogP contribution in [0.5, 0.6) is 0 Å². The van der Waals surface area contributed by atoms with E-state index in [-0.39, 0.29) is 11.8 Å². The normalized spacial score (nSPS) is 15.6. The van der Waals surface area contributed by atoms with Gasteiger partial charge in [0.2, 0.25) is 11.8 Å². The molecule has 0 atom stereocenters. The van der Waals surface area contributed by atoms with Crippen LogP contribution in [0.15, 0.2) is 48.5 Å². The Balaban J connectivity index is 1.51. The number of carbonyl (C=O) groups is 2. The van der Waals surface area contributed by atoms with Gasteiger partial charge in [0.05, 0.1) is 0 Å². The maximum atomic E-state index is 12.5. The number of rotatable bonds is 5. The topological polar surface area (TPSA) is 75.4 Å². The number of hydrogen-bond acceptors (Lipinski definition) is 3. The van der Waals surface area contributed by atoms with Crippen LogP contribution in [-0.4, -0.2) is 29.8 Å². The Kier molecular flexibility index (Phi) is 5.91. The number of anilines is 1.